The molecule has 0 fully saturated rings. The van der Waals surface area contributed by atoms with Crippen molar-refractivity contribution in [3.63, 3.8) is 0 Å². The summed E-state index contributed by atoms with van der Waals surface area (Å²) in [5.74, 6) is 0.510. The molecule has 0 bridgehead atoms. The first kappa shape index (κ1) is 12.2. The zero-order chi connectivity index (χ0) is 13.1. The average molecular weight is 245 g/mol. The van der Waals surface area contributed by atoms with E-state index < -0.39 is 0 Å². The monoisotopic (exact) mass is 245 g/mol. The highest BCUT2D eigenvalue weighted by Crippen LogP contribution is 2.14. The van der Waals surface area contributed by atoms with Crippen LogP contribution in [0.15, 0.2) is 24.3 Å². The van der Waals surface area contributed by atoms with Gasteiger partial charge in [0.25, 0.3) is 5.91 Å². The molecule has 0 aliphatic carbocycles. The predicted octanol–water partition coefficient (Wildman–Crippen LogP) is 1.11. The fourth-order valence-electron chi connectivity index (χ4n) is 1.64. The van der Waals surface area contributed by atoms with Crippen molar-refractivity contribution in [3.8, 4) is 5.69 Å². The first-order valence-electron chi connectivity index (χ1n) is 5.75. The Morgan fingerprint density at radius 1 is 1.33 bits per heavy atom. The van der Waals surface area contributed by atoms with Gasteiger partial charge in [-0.25, -0.2) is 0 Å². The Morgan fingerprint density at radius 2 is 2.06 bits per heavy atom. The van der Waals surface area contributed by atoms with Crippen LogP contribution in [0.5, 0.6) is 0 Å². The van der Waals surface area contributed by atoms with Gasteiger partial charge in [-0.3, -0.25) is 4.79 Å². The summed E-state index contributed by atoms with van der Waals surface area (Å²) in [5.41, 5.74) is 1.24. The summed E-state index contributed by atoms with van der Waals surface area (Å²) in [5, 5.41) is 14.2. The number of carbonyl (C=O) groups excluding carboxylic acids is 1. The van der Waals surface area contributed by atoms with E-state index in [1.54, 1.807) is 17.7 Å². The Labute approximate surface area is 105 Å². The van der Waals surface area contributed by atoms with Crippen molar-refractivity contribution in [2.24, 2.45) is 0 Å². The Morgan fingerprint density at radius 3 is 2.67 bits per heavy atom. The first-order valence-corrected chi connectivity index (χ1v) is 5.75. The molecule has 2 rings (SSSR count). The molecule has 0 saturated carbocycles. The van der Waals surface area contributed by atoms with Crippen LogP contribution in [0.4, 0.5) is 0 Å². The lowest BCUT2D eigenvalue weighted by molar-refractivity contribution is 0.0943. The van der Waals surface area contributed by atoms with Crippen molar-refractivity contribution in [1.82, 2.24) is 25.5 Å². The largest absolute Gasteiger partial charge is 0.350 e. The molecule has 6 heteroatoms. The summed E-state index contributed by atoms with van der Waals surface area (Å²) in [6.07, 6.45) is 0. The molecule has 0 atom stereocenters. The second-order valence-corrected chi connectivity index (χ2v) is 4.28. The molecule has 0 aliphatic heterocycles. The average Bonchev–Trinajstić information content (AvgIpc) is 2.74. The molecule has 94 valence electrons. The number of aromatic nitrogens is 4. The van der Waals surface area contributed by atoms with E-state index in [0.29, 0.717) is 17.1 Å². The van der Waals surface area contributed by atoms with Crippen molar-refractivity contribution in [2.75, 3.05) is 0 Å². The normalized spacial score (nSPS) is 10.7. The van der Waals surface area contributed by atoms with Gasteiger partial charge < -0.3 is 5.32 Å². The number of carbonyl (C=O) groups is 1. The van der Waals surface area contributed by atoms with Crippen LogP contribution in [0.3, 0.4) is 0 Å². The standard InChI is InChI=1S/C12H15N5O/c1-8(2)13-12(18)10-6-4-5-7-11(10)17-9(3)14-15-16-17/h4-8H,1-3H3,(H,13,18). The van der Waals surface area contributed by atoms with Crippen LogP contribution in [0.25, 0.3) is 5.69 Å². The van der Waals surface area contributed by atoms with Gasteiger partial charge in [0.15, 0.2) is 5.82 Å². The molecule has 0 aliphatic rings. The van der Waals surface area contributed by atoms with Crippen molar-refractivity contribution < 1.29 is 4.79 Å². The number of rotatable bonds is 3. The van der Waals surface area contributed by atoms with E-state index in [4.69, 9.17) is 0 Å². The fourth-order valence-corrected chi connectivity index (χ4v) is 1.64. The van der Waals surface area contributed by atoms with Gasteiger partial charge in [0.1, 0.15) is 0 Å². The molecule has 1 N–H and O–H groups in total. The summed E-state index contributed by atoms with van der Waals surface area (Å²) >= 11 is 0. The summed E-state index contributed by atoms with van der Waals surface area (Å²) in [7, 11) is 0. The molecule has 1 amide bonds. The van der Waals surface area contributed by atoms with Crippen molar-refractivity contribution >= 4 is 5.91 Å². The van der Waals surface area contributed by atoms with E-state index in [1.165, 1.54) is 0 Å². The third-order valence-corrected chi connectivity index (χ3v) is 2.42. The van der Waals surface area contributed by atoms with Gasteiger partial charge in [-0.05, 0) is 43.3 Å². The molecule has 6 nitrogen and oxygen atoms in total. The molecule has 1 aromatic heterocycles. The summed E-state index contributed by atoms with van der Waals surface area (Å²) in [4.78, 5) is 12.1. The molecule has 18 heavy (non-hydrogen) atoms. The van der Waals surface area contributed by atoms with Crippen LogP contribution in [0, 0.1) is 6.92 Å². The second-order valence-electron chi connectivity index (χ2n) is 4.28. The minimum atomic E-state index is -0.129. The first-order chi connectivity index (χ1) is 8.59. The highest BCUT2D eigenvalue weighted by molar-refractivity contribution is 5.97. The Bertz CT molecular complexity index is 561. The molecule has 1 aromatic carbocycles. The molecular formula is C12H15N5O. The summed E-state index contributed by atoms with van der Waals surface area (Å²) < 4.78 is 1.55. The van der Waals surface area contributed by atoms with E-state index in [-0.39, 0.29) is 11.9 Å². The van der Waals surface area contributed by atoms with Crippen molar-refractivity contribution in [3.05, 3.63) is 35.7 Å². The zero-order valence-corrected chi connectivity index (χ0v) is 10.6. The van der Waals surface area contributed by atoms with Crippen molar-refractivity contribution in [1.29, 1.82) is 0 Å². The maximum atomic E-state index is 12.1. The lowest BCUT2D eigenvalue weighted by atomic mass is 10.1. The number of tetrazole rings is 1. The molecule has 0 spiro atoms. The van der Waals surface area contributed by atoms with Gasteiger partial charge >= 0.3 is 0 Å². The number of amides is 1. The second kappa shape index (κ2) is 4.95. The predicted molar refractivity (Wildman–Crippen MR) is 66.5 cm³/mol. The quantitative estimate of drug-likeness (QED) is 0.879. The van der Waals surface area contributed by atoms with Gasteiger partial charge in [-0.2, -0.15) is 4.68 Å². The maximum absolute atomic E-state index is 12.1. The van der Waals surface area contributed by atoms with Crippen LogP contribution >= 0.6 is 0 Å². The van der Waals surface area contributed by atoms with Crippen LogP contribution < -0.4 is 5.32 Å². The van der Waals surface area contributed by atoms with Gasteiger partial charge in [-0.15, -0.1) is 5.10 Å². The number of aryl methyl sites for hydroxylation is 1. The van der Waals surface area contributed by atoms with Crippen molar-refractivity contribution in [2.45, 2.75) is 26.8 Å². The highest BCUT2D eigenvalue weighted by Gasteiger charge is 2.15. The van der Waals surface area contributed by atoms with Crippen LogP contribution in [-0.2, 0) is 0 Å². The SMILES string of the molecule is Cc1nnnn1-c1ccccc1C(=O)NC(C)C. The zero-order valence-electron chi connectivity index (χ0n) is 10.6. The smallest absolute Gasteiger partial charge is 0.253 e. The molecule has 0 unspecified atom stereocenters. The summed E-state index contributed by atoms with van der Waals surface area (Å²) in [6.45, 7) is 5.63. The van der Waals surface area contributed by atoms with Crippen LogP contribution in [0.1, 0.15) is 30.0 Å². The highest BCUT2D eigenvalue weighted by atomic mass is 16.1. The van der Waals surface area contributed by atoms with Crippen LogP contribution in [0.2, 0.25) is 0 Å². The molecule has 0 saturated heterocycles. The van der Waals surface area contributed by atoms with E-state index in [2.05, 4.69) is 20.8 Å². The van der Waals surface area contributed by atoms with E-state index >= 15 is 0 Å². The molecular weight excluding hydrogens is 230 g/mol. The minimum Gasteiger partial charge on any atom is -0.350 e. The minimum absolute atomic E-state index is 0.0838. The number of hydrogen-bond donors (Lipinski definition) is 1. The van der Waals surface area contributed by atoms with Crippen LogP contribution in [-0.4, -0.2) is 32.2 Å². The Kier molecular flexibility index (Phi) is 3.36. The Hall–Kier alpha value is -2.24. The number of nitrogens with one attached hydrogen (secondary N) is 1. The van der Waals surface area contributed by atoms with Gasteiger partial charge in [0, 0.05) is 6.04 Å². The van der Waals surface area contributed by atoms with E-state index in [1.807, 2.05) is 32.0 Å². The van der Waals surface area contributed by atoms with E-state index in [0.717, 1.165) is 0 Å². The fraction of sp³-hybridized carbons (Fsp3) is 0.333. The maximum Gasteiger partial charge on any atom is 0.253 e. The van der Waals surface area contributed by atoms with Gasteiger partial charge in [-0.1, -0.05) is 12.1 Å². The topological polar surface area (TPSA) is 72.7 Å². The number of nitrogens with zero attached hydrogens (tertiary/aromatic N) is 4. The lowest BCUT2D eigenvalue weighted by Crippen LogP contribution is -2.31. The third kappa shape index (κ3) is 2.37. The molecule has 0 radical (unpaired) electrons. The third-order valence-electron chi connectivity index (χ3n) is 2.42. The van der Waals surface area contributed by atoms with Gasteiger partial charge in [0.2, 0.25) is 0 Å². The Balaban J connectivity index is 2.44. The molecule has 2 aromatic rings. The van der Waals surface area contributed by atoms with Gasteiger partial charge in [0.05, 0.1) is 11.3 Å². The lowest BCUT2D eigenvalue weighted by Gasteiger charge is -2.12. The number of hydrogen-bond acceptors (Lipinski definition) is 4. The molecule has 1 heterocycles. The summed E-state index contributed by atoms with van der Waals surface area (Å²) in [6, 6.07) is 7.33. The number of benzene rings is 1. The van der Waals surface area contributed by atoms with E-state index in [9.17, 15) is 4.79 Å². The number of para-hydroxylation sites is 1.